The Labute approximate surface area is 107 Å². The maximum atomic E-state index is 2.51. The van der Waals surface area contributed by atoms with Gasteiger partial charge in [0.15, 0.2) is 0 Å². The third-order valence-electron chi connectivity index (χ3n) is 5.69. The van der Waals surface area contributed by atoms with Gasteiger partial charge in [-0.15, -0.1) is 0 Å². The summed E-state index contributed by atoms with van der Waals surface area (Å²) in [4.78, 5) is 2.37. The van der Waals surface area contributed by atoms with Crippen molar-refractivity contribution < 1.29 is 0 Å². The number of fused-ring (bicyclic) bond motifs is 3. The van der Waals surface area contributed by atoms with Gasteiger partial charge in [0.25, 0.3) is 0 Å². The molecule has 1 saturated heterocycles. The van der Waals surface area contributed by atoms with Crippen LogP contribution >= 0.6 is 0 Å². The quantitative estimate of drug-likeness (QED) is 0.579. The Kier molecular flexibility index (Phi) is 3.13. The summed E-state index contributed by atoms with van der Waals surface area (Å²) in [6, 6.07) is 0. The van der Waals surface area contributed by atoms with Crippen molar-refractivity contribution in [2.45, 2.75) is 62.5 Å². The van der Waals surface area contributed by atoms with Gasteiger partial charge in [-0.25, -0.2) is 0 Å². The zero-order chi connectivity index (χ0) is 11.3. The molecular formula is C15H26Se. The van der Waals surface area contributed by atoms with E-state index < -0.39 is 0 Å². The van der Waals surface area contributed by atoms with Crippen molar-refractivity contribution in [3.05, 3.63) is 0 Å². The third kappa shape index (κ3) is 1.89. The molecule has 1 heterocycles. The molecule has 1 heteroatoms. The van der Waals surface area contributed by atoms with Gasteiger partial charge in [0.1, 0.15) is 0 Å². The second-order valence-corrected chi connectivity index (χ2v) is 10.00. The Balaban J connectivity index is 1.75. The second-order valence-electron chi connectivity index (χ2n) is 6.88. The molecule has 7 unspecified atom stereocenters. The zero-order valence-electron chi connectivity index (χ0n) is 11.0. The normalized spacial score (nSPS) is 56.8. The van der Waals surface area contributed by atoms with Crippen molar-refractivity contribution in [1.29, 1.82) is 0 Å². The Morgan fingerprint density at radius 1 is 0.750 bits per heavy atom. The van der Waals surface area contributed by atoms with Gasteiger partial charge >= 0.3 is 107 Å². The first-order valence-electron chi connectivity index (χ1n) is 7.30. The van der Waals surface area contributed by atoms with Crippen molar-refractivity contribution in [3.8, 4) is 0 Å². The Morgan fingerprint density at radius 2 is 1.44 bits per heavy atom. The molecule has 16 heavy (non-hydrogen) atoms. The summed E-state index contributed by atoms with van der Waals surface area (Å²) in [7, 11) is 0. The monoisotopic (exact) mass is 286 g/mol. The third-order valence-corrected chi connectivity index (χ3v) is 9.52. The first kappa shape index (κ1) is 11.6. The van der Waals surface area contributed by atoms with E-state index in [4.69, 9.17) is 0 Å². The van der Waals surface area contributed by atoms with E-state index in [9.17, 15) is 0 Å². The molecule has 0 spiro atoms. The van der Waals surface area contributed by atoms with Crippen molar-refractivity contribution in [1.82, 2.24) is 0 Å². The molecule has 0 amide bonds. The first-order chi connectivity index (χ1) is 7.65. The van der Waals surface area contributed by atoms with Gasteiger partial charge < -0.3 is 0 Å². The van der Waals surface area contributed by atoms with E-state index in [1.165, 1.54) is 16.1 Å². The van der Waals surface area contributed by atoms with Crippen molar-refractivity contribution in [2.75, 3.05) is 0 Å². The fourth-order valence-corrected chi connectivity index (χ4v) is 8.98. The minimum atomic E-state index is 1.00. The molecular weight excluding hydrogens is 259 g/mol. The van der Waals surface area contributed by atoms with E-state index in [2.05, 4.69) is 20.8 Å². The van der Waals surface area contributed by atoms with Crippen molar-refractivity contribution in [2.24, 2.45) is 29.6 Å². The molecule has 1 aliphatic heterocycles. The Morgan fingerprint density at radius 3 is 2.25 bits per heavy atom. The molecule has 0 aromatic heterocycles. The predicted molar refractivity (Wildman–Crippen MR) is 70.8 cm³/mol. The molecule has 0 aromatic rings. The summed E-state index contributed by atoms with van der Waals surface area (Å²) in [6.45, 7) is 7.50. The summed E-state index contributed by atoms with van der Waals surface area (Å²) in [6.07, 6.45) is 7.85. The molecule has 0 aromatic carbocycles. The van der Waals surface area contributed by atoms with E-state index in [1.807, 2.05) is 0 Å². The van der Waals surface area contributed by atoms with E-state index in [-0.39, 0.29) is 0 Å². The van der Waals surface area contributed by atoms with Gasteiger partial charge in [-0.1, -0.05) is 0 Å². The molecule has 0 bridgehead atoms. The molecule has 3 fully saturated rings. The number of rotatable bonds is 0. The van der Waals surface area contributed by atoms with Crippen LogP contribution in [-0.4, -0.2) is 15.0 Å². The molecule has 0 N–H and O–H groups in total. The minimum absolute atomic E-state index is 1.00. The SMILES string of the molecule is CC1CCC2[Se]C3CC(C)C(C)CC3C2C1. The van der Waals surface area contributed by atoms with E-state index in [0.29, 0.717) is 0 Å². The van der Waals surface area contributed by atoms with Gasteiger partial charge in [-0.05, 0) is 0 Å². The summed E-state index contributed by atoms with van der Waals surface area (Å²) in [5.41, 5.74) is 0. The molecule has 3 aliphatic rings. The summed E-state index contributed by atoms with van der Waals surface area (Å²) >= 11 is 1.00. The average Bonchev–Trinajstić information content (AvgIpc) is 2.57. The number of hydrogen-bond donors (Lipinski definition) is 0. The molecule has 0 nitrogen and oxygen atoms in total. The van der Waals surface area contributed by atoms with Gasteiger partial charge in [-0.3, -0.25) is 0 Å². The van der Waals surface area contributed by atoms with Crippen LogP contribution in [0.1, 0.15) is 52.9 Å². The Hall–Kier alpha value is 0.519. The fourth-order valence-electron chi connectivity index (χ4n) is 4.43. The summed E-state index contributed by atoms with van der Waals surface area (Å²) < 4.78 is 0. The van der Waals surface area contributed by atoms with Gasteiger partial charge in [0.05, 0.1) is 0 Å². The second kappa shape index (κ2) is 4.32. The van der Waals surface area contributed by atoms with Crippen LogP contribution in [-0.2, 0) is 0 Å². The maximum absolute atomic E-state index is 2.51. The fraction of sp³-hybridized carbons (Fsp3) is 1.00. The number of hydrogen-bond acceptors (Lipinski definition) is 0. The summed E-state index contributed by atoms with van der Waals surface area (Å²) in [5, 5.41) is 0. The zero-order valence-corrected chi connectivity index (χ0v) is 12.7. The van der Waals surface area contributed by atoms with Crippen LogP contribution in [0.4, 0.5) is 0 Å². The molecule has 92 valence electrons. The standard InChI is InChI=1S/C15H26Se/c1-9-4-5-14-12(6-9)13-7-10(2)11(3)8-15(13)16-14/h9-15H,4-8H2,1-3H3. The van der Waals surface area contributed by atoms with Crippen LogP contribution in [0.25, 0.3) is 0 Å². The van der Waals surface area contributed by atoms with E-state index >= 15 is 0 Å². The van der Waals surface area contributed by atoms with Gasteiger partial charge in [0, 0.05) is 0 Å². The van der Waals surface area contributed by atoms with E-state index in [1.54, 1.807) is 25.7 Å². The van der Waals surface area contributed by atoms with Gasteiger partial charge in [0.2, 0.25) is 0 Å². The van der Waals surface area contributed by atoms with Crippen LogP contribution in [0.3, 0.4) is 0 Å². The Bertz CT molecular complexity index is 262. The predicted octanol–water partition coefficient (Wildman–Crippen LogP) is 4.40. The van der Waals surface area contributed by atoms with Crippen molar-refractivity contribution in [3.63, 3.8) is 0 Å². The molecule has 0 radical (unpaired) electrons. The van der Waals surface area contributed by atoms with Crippen LogP contribution in [0.2, 0.25) is 9.63 Å². The summed E-state index contributed by atoms with van der Waals surface area (Å²) in [5.74, 6) is 5.36. The molecule has 2 saturated carbocycles. The topological polar surface area (TPSA) is 0 Å². The molecule has 7 atom stereocenters. The van der Waals surface area contributed by atoms with Gasteiger partial charge in [-0.2, -0.15) is 0 Å². The van der Waals surface area contributed by atoms with E-state index in [0.717, 1.165) is 44.5 Å². The van der Waals surface area contributed by atoms with Crippen molar-refractivity contribution >= 4 is 15.0 Å². The molecule has 3 rings (SSSR count). The average molecular weight is 285 g/mol. The molecule has 2 aliphatic carbocycles. The van der Waals surface area contributed by atoms with Crippen LogP contribution in [0.5, 0.6) is 0 Å². The van der Waals surface area contributed by atoms with Crippen LogP contribution in [0, 0.1) is 29.6 Å². The first-order valence-corrected chi connectivity index (χ1v) is 9.28. The van der Waals surface area contributed by atoms with Crippen LogP contribution < -0.4 is 0 Å². The van der Waals surface area contributed by atoms with Crippen LogP contribution in [0.15, 0.2) is 0 Å².